The van der Waals surface area contributed by atoms with E-state index in [1.165, 1.54) is 10.7 Å². The van der Waals surface area contributed by atoms with Gasteiger partial charge in [0.2, 0.25) is 0 Å². The number of rotatable bonds is 3. The molecule has 1 amide bonds. The van der Waals surface area contributed by atoms with E-state index in [0.717, 1.165) is 36.4 Å². The number of alkyl halides is 3. The minimum absolute atomic E-state index is 0.268. The molecule has 1 unspecified atom stereocenters. The molecule has 0 aliphatic heterocycles. The Morgan fingerprint density at radius 1 is 1.18 bits per heavy atom. The van der Waals surface area contributed by atoms with Crippen molar-refractivity contribution in [3.8, 4) is 5.69 Å². The third-order valence-corrected chi connectivity index (χ3v) is 4.61. The van der Waals surface area contributed by atoms with Crippen LogP contribution in [0.15, 0.2) is 48.9 Å². The second kappa shape index (κ2) is 7.06. The Bertz CT molecular complexity index is 1000. The molecule has 3 heterocycles. The first-order chi connectivity index (χ1) is 13.4. The van der Waals surface area contributed by atoms with Gasteiger partial charge in [-0.1, -0.05) is 6.07 Å². The molecule has 0 bridgehead atoms. The molecule has 6 nitrogen and oxygen atoms in total. The van der Waals surface area contributed by atoms with Crippen molar-refractivity contribution in [2.45, 2.75) is 31.5 Å². The van der Waals surface area contributed by atoms with Gasteiger partial charge in [0.25, 0.3) is 5.91 Å². The van der Waals surface area contributed by atoms with Gasteiger partial charge in [-0.3, -0.25) is 14.8 Å². The molecule has 1 aliphatic carbocycles. The van der Waals surface area contributed by atoms with Gasteiger partial charge >= 0.3 is 6.18 Å². The van der Waals surface area contributed by atoms with Crippen LogP contribution in [-0.2, 0) is 12.6 Å². The van der Waals surface area contributed by atoms with Crippen LogP contribution in [0.4, 0.5) is 13.2 Å². The Kier molecular flexibility index (Phi) is 4.58. The Hall–Kier alpha value is -3.23. The smallest absolute Gasteiger partial charge is 0.344 e. The number of halogens is 3. The van der Waals surface area contributed by atoms with Crippen LogP contribution >= 0.6 is 0 Å². The van der Waals surface area contributed by atoms with E-state index in [1.54, 1.807) is 30.6 Å². The summed E-state index contributed by atoms with van der Waals surface area (Å²) >= 11 is 0. The number of hydrogen-bond acceptors (Lipinski definition) is 4. The summed E-state index contributed by atoms with van der Waals surface area (Å²) in [5.41, 5.74) is 1.18. The maximum absolute atomic E-state index is 12.9. The molecule has 1 N–H and O–H groups in total. The molecule has 0 saturated heterocycles. The van der Waals surface area contributed by atoms with Gasteiger partial charge in [0, 0.05) is 24.2 Å². The zero-order valence-corrected chi connectivity index (χ0v) is 14.6. The number of aromatic nitrogens is 4. The van der Waals surface area contributed by atoms with Gasteiger partial charge in [0.05, 0.1) is 17.4 Å². The van der Waals surface area contributed by atoms with Gasteiger partial charge in [-0.15, -0.1) is 0 Å². The minimum Gasteiger partial charge on any atom is -0.344 e. The van der Waals surface area contributed by atoms with Gasteiger partial charge in [0.1, 0.15) is 11.4 Å². The highest BCUT2D eigenvalue weighted by Gasteiger charge is 2.33. The zero-order chi connectivity index (χ0) is 19.7. The van der Waals surface area contributed by atoms with Crippen molar-refractivity contribution in [3.63, 3.8) is 0 Å². The van der Waals surface area contributed by atoms with Crippen molar-refractivity contribution >= 4 is 5.91 Å². The molecule has 0 aromatic carbocycles. The van der Waals surface area contributed by atoms with Crippen LogP contribution in [0.3, 0.4) is 0 Å². The first kappa shape index (κ1) is 18.1. The highest BCUT2D eigenvalue weighted by molar-refractivity contribution is 5.92. The fraction of sp³-hybridized carbons (Fsp3) is 0.263. The summed E-state index contributed by atoms with van der Waals surface area (Å²) in [5.74, 6) is -0.297. The number of nitrogens with zero attached hydrogens (tertiary/aromatic N) is 4. The summed E-state index contributed by atoms with van der Waals surface area (Å²) in [4.78, 5) is 19.8. The van der Waals surface area contributed by atoms with Gasteiger partial charge in [-0.05, 0) is 43.5 Å². The fourth-order valence-corrected chi connectivity index (χ4v) is 3.27. The van der Waals surface area contributed by atoms with E-state index in [2.05, 4.69) is 20.4 Å². The van der Waals surface area contributed by atoms with Crippen LogP contribution in [0.2, 0.25) is 0 Å². The predicted molar refractivity (Wildman–Crippen MR) is 93.7 cm³/mol. The molecule has 9 heteroatoms. The van der Waals surface area contributed by atoms with Crippen molar-refractivity contribution in [2.24, 2.45) is 0 Å². The van der Waals surface area contributed by atoms with Crippen molar-refractivity contribution in [2.75, 3.05) is 0 Å². The molecule has 0 spiro atoms. The van der Waals surface area contributed by atoms with E-state index in [-0.39, 0.29) is 17.6 Å². The Morgan fingerprint density at radius 2 is 2.04 bits per heavy atom. The molecule has 0 fully saturated rings. The molecule has 28 heavy (non-hydrogen) atoms. The minimum atomic E-state index is -4.53. The van der Waals surface area contributed by atoms with E-state index >= 15 is 0 Å². The maximum atomic E-state index is 12.9. The summed E-state index contributed by atoms with van der Waals surface area (Å²) < 4.78 is 40.2. The Labute approximate surface area is 158 Å². The molecule has 0 radical (unpaired) electrons. The molecule has 1 atom stereocenters. The van der Waals surface area contributed by atoms with E-state index in [4.69, 9.17) is 0 Å². The van der Waals surface area contributed by atoms with Gasteiger partial charge in [0.15, 0.2) is 0 Å². The van der Waals surface area contributed by atoms with Gasteiger partial charge in [-0.25, -0.2) is 4.68 Å². The number of nitrogens with one attached hydrogen (secondary N) is 1. The molecule has 3 aromatic heterocycles. The summed E-state index contributed by atoms with van der Waals surface area (Å²) in [6.07, 6.45) is 2.05. The second-order valence-corrected chi connectivity index (χ2v) is 6.51. The Balaban J connectivity index is 1.61. The van der Waals surface area contributed by atoms with Gasteiger partial charge < -0.3 is 5.32 Å². The molecular formula is C19H16F3N5O. The number of aryl methyl sites for hydroxylation is 1. The number of amides is 1. The van der Waals surface area contributed by atoms with E-state index < -0.39 is 11.9 Å². The van der Waals surface area contributed by atoms with E-state index in [1.807, 2.05) is 0 Å². The van der Waals surface area contributed by atoms with Crippen molar-refractivity contribution in [1.29, 1.82) is 0 Å². The lowest BCUT2D eigenvalue weighted by Gasteiger charge is -2.22. The normalized spacial score (nSPS) is 16.5. The molecular weight excluding hydrogens is 371 g/mol. The lowest BCUT2D eigenvalue weighted by atomic mass is 9.93. The first-order valence-corrected chi connectivity index (χ1v) is 8.76. The largest absolute Gasteiger partial charge is 0.433 e. The number of pyridine rings is 2. The van der Waals surface area contributed by atoms with Crippen LogP contribution in [0.1, 0.15) is 46.3 Å². The zero-order valence-electron chi connectivity index (χ0n) is 14.6. The van der Waals surface area contributed by atoms with Crippen LogP contribution in [-0.4, -0.2) is 25.7 Å². The molecule has 1 aliphatic rings. The second-order valence-electron chi connectivity index (χ2n) is 6.51. The molecule has 4 rings (SSSR count). The highest BCUT2D eigenvalue weighted by atomic mass is 19.4. The molecule has 3 aromatic rings. The monoisotopic (exact) mass is 387 g/mol. The Morgan fingerprint density at radius 3 is 2.79 bits per heavy atom. The average molecular weight is 387 g/mol. The first-order valence-electron chi connectivity index (χ1n) is 8.76. The summed E-state index contributed by atoms with van der Waals surface area (Å²) in [5, 5.41) is 7.37. The quantitative estimate of drug-likeness (QED) is 0.747. The van der Waals surface area contributed by atoms with Crippen LogP contribution < -0.4 is 5.32 Å². The maximum Gasteiger partial charge on any atom is 0.433 e. The lowest BCUT2D eigenvalue weighted by molar-refractivity contribution is -0.141. The van der Waals surface area contributed by atoms with Crippen molar-refractivity contribution < 1.29 is 18.0 Å². The van der Waals surface area contributed by atoms with Crippen molar-refractivity contribution in [1.82, 2.24) is 25.1 Å². The van der Waals surface area contributed by atoms with Crippen molar-refractivity contribution in [3.05, 3.63) is 71.6 Å². The van der Waals surface area contributed by atoms with Crippen LogP contribution in [0.5, 0.6) is 0 Å². The fourth-order valence-electron chi connectivity index (χ4n) is 3.27. The topological polar surface area (TPSA) is 72.7 Å². The average Bonchev–Trinajstić information content (AvgIpc) is 3.13. The predicted octanol–water partition coefficient (Wildman–Crippen LogP) is 3.49. The summed E-state index contributed by atoms with van der Waals surface area (Å²) in [6, 6.07) is 7.24. The number of carbonyl (C=O) groups is 1. The van der Waals surface area contributed by atoms with Gasteiger partial charge in [-0.2, -0.15) is 18.3 Å². The summed E-state index contributed by atoms with van der Waals surface area (Å²) in [6.45, 7) is 0. The number of hydrogen-bond donors (Lipinski definition) is 1. The number of carbonyl (C=O) groups excluding carboxylic acids is 1. The van der Waals surface area contributed by atoms with Crippen LogP contribution in [0.25, 0.3) is 5.69 Å². The third kappa shape index (κ3) is 3.60. The highest BCUT2D eigenvalue weighted by Crippen LogP contribution is 2.31. The SMILES string of the molecule is O=C(NC1CCCc2nn(-c3ccnc(C(F)(F)F)c3)cc21)c1ccccn1. The van der Waals surface area contributed by atoms with Crippen LogP contribution in [0, 0.1) is 0 Å². The summed E-state index contributed by atoms with van der Waals surface area (Å²) in [7, 11) is 0. The molecule has 0 saturated carbocycles. The van der Waals surface area contributed by atoms with E-state index in [0.29, 0.717) is 12.1 Å². The van der Waals surface area contributed by atoms with E-state index in [9.17, 15) is 18.0 Å². The standard InChI is InChI=1S/C19H16F3N5O/c20-19(21,22)17-10-12(7-9-24-17)27-11-13-14(5-3-6-15(13)26-27)25-18(28)16-4-1-2-8-23-16/h1-2,4,7-11,14H,3,5-6H2,(H,25,28). The number of fused-ring (bicyclic) bond motifs is 1. The molecule has 144 valence electrons. The lowest BCUT2D eigenvalue weighted by Crippen LogP contribution is -2.31. The third-order valence-electron chi connectivity index (χ3n) is 4.61.